The third kappa shape index (κ3) is 4.36. The predicted molar refractivity (Wildman–Crippen MR) is 122 cm³/mol. The number of thioether (sulfide) groups is 1. The molecule has 0 saturated carbocycles. The van der Waals surface area contributed by atoms with E-state index >= 15 is 0 Å². The van der Waals surface area contributed by atoms with E-state index in [0.717, 1.165) is 28.6 Å². The Bertz CT molecular complexity index is 1100. The molecule has 1 saturated heterocycles. The van der Waals surface area contributed by atoms with E-state index in [1.165, 1.54) is 5.56 Å². The molecule has 0 radical (unpaired) electrons. The van der Waals surface area contributed by atoms with Crippen LogP contribution in [0.25, 0.3) is 6.08 Å². The van der Waals surface area contributed by atoms with Gasteiger partial charge in [0, 0.05) is 18.7 Å². The van der Waals surface area contributed by atoms with Gasteiger partial charge >= 0.3 is 0 Å². The smallest absolute Gasteiger partial charge is 0.294 e. The lowest BCUT2D eigenvalue weighted by Crippen LogP contribution is -2.44. The molecule has 2 heterocycles. The van der Waals surface area contributed by atoms with E-state index < -0.39 is 11.1 Å². The van der Waals surface area contributed by atoms with Gasteiger partial charge in [-0.1, -0.05) is 36.4 Å². The molecule has 1 fully saturated rings. The van der Waals surface area contributed by atoms with Crippen LogP contribution in [0.2, 0.25) is 0 Å². The van der Waals surface area contributed by atoms with Gasteiger partial charge in [-0.3, -0.25) is 19.3 Å². The number of fused-ring (bicyclic) bond motifs is 1. The maximum atomic E-state index is 12.9. The van der Waals surface area contributed by atoms with Crippen molar-refractivity contribution < 1.29 is 23.9 Å². The molecule has 0 spiro atoms. The van der Waals surface area contributed by atoms with Crippen molar-refractivity contribution in [1.29, 1.82) is 0 Å². The van der Waals surface area contributed by atoms with Gasteiger partial charge in [-0.15, -0.1) is 0 Å². The van der Waals surface area contributed by atoms with Crippen LogP contribution in [0.3, 0.4) is 0 Å². The van der Waals surface area contributed by atoms with Crippen molar-refractivity contribution in [2.45, 2.75) is 19.9 Å². The van der Waals surface area contributed by atoms with Crippen LogP contribution in [0.4, 0.5) is 4.79 Å². The van der Waals surface area contributed by atoms with Crippen LogP contribution in [0.15, 0.2) is 47.4 Å². The highest BCUT2D eigenvalue weighted by atomic mass is 32.2. The molecular formula is C24H24N2O5S. The lowest BCUT2D eigenvalue weighted by atomic mass is 10.00. The number of methoxy groups -OCH3 is 1. The Morgan fingerprint density at radius 2 is 1.91 bits per heavy atom. The zero-order chi connectivity index (χ0) is 22.7. The summed E-state index contributed by atoms with van der Waals surface area (Å²) >= 11 is 0.826. The van der Waals surface area contributed by atoms with Gasteiger partial charge in [0.15, 0.2) is 11.5 Å². The molecule has 4 rings (SSSR count). The number of carbonyl (C=O) groups is 3. The highest BCUT2D eigenvalue weighted by molar-refractivity contribution is 8.18. The second kappa shape index (κ2) is 9.48. The Morgan fingerprint density at radius 1 is 1.12 bits per heavy atom. The number of imide groups is 1. The second-order valence-electron chi connectivity index (χ2n) is 7.41. The zero-order valence-corrected chi connectivity index (χ0v) is 18.8. The Morgan fingerprint density at radius 3 is 2.66 bits per heavy atom. The number of benzene rings is 2. The molecule has 166 valence electrons. The summed E-state index contributed by atoms with van der Waals surface area (Å²) in [5, 5.41) is -0.451. The van der Waals surface area contributed by atoms with E-state index in [1.807, 2.05) is 25.1 Å². The average Bonchev–Trinajstić information content (AvgIpc) is 3.07. The predicted octanol–water partition coefficient (Wildman–Crippen LogP) is 3.72. The van der Waals surface area contributed by atoms with E-state index in [4.69, 9.17) is 9.47 Å². The van der Waals surface area contributed by atoms with Gasteiger partial charge in [0.05, 0.1) is 18.6 Å². The Labute approximate surface area is 191 Å². The molecular weight excluding hydrogens is 428 g/mol. The maximum absolute atomic E-state index is 12.9. The monoisotopic (exact) mass is 452 g/mol. The van der Waals surface area contributed by atoms with E-state index in [0.29, 0.717) is 36.8 Å². The molecule has 2 aliphatic heterocycles. The molecule has 0 aromatic heterocycles. The molecule has 0 unspecified atom stereocenters. The summed E-state index contributed by atoms with van der Waals surface area (Å²) in [6, 6.07) is 13.3. The van der Waals surface area contributed by atoms with Crippen LogP contribution in [-0.2, 0) is 22.6 Å². The summed E-state index contributed by atoms with van der Waals surface area (Å²) in [5.74, 6) is 0.336. The standard InChI is InChI=1S/C24H24N2O5S/c1-3-31-22-17(9-6-10-19(22)30-2)13-20-23(28)26(24(29)32-20)15-21(27)25-12-11-16-7-4-5-8-18(16)14-25/h4-10,13H,3,11-12,14-15H2,1-2H3/b20-13+. The molecule has 8 heteroatoms. The second-order valence-corrected chi connectivity index (χ2v) is 8.41. The Hall–Kier alpha value is -3.26. The summed E-state index contributed by atoms with van der Waals surface area (Å²) in [4.78, 5) is 41.3. The zero-order valence-electron chi connectivity index (χ0n) is 18.0. The lowest BCUT2D eigenvalue weighted by molar-refractivity contribution is -0.136. The minimum Gasteiger partial charge on any atom is -0.493 e. The fourth-order valence-electron chi connectivity index (χ4n) is 3.83. The number of nitrogens with zero attached hydrogens (tertiary/aromatic N) is 2. The van der Waals surface area contributed by atoms with Gasteiger partial charge in [-0.05, 0) is 48.4 Å². The maximum Gasteiger partial charge on any atom is 0.294 e. The third-order valence-corrected chi connectivity index (χ3v) is 6.36. The first kappa shape index (κ1) is 22.0. The fourth-order valence-corrected chi connectivity index (χ4v) is 4.66. The van der Waals surface area contributed by atoms with Crippen molar-refractivity contribution in [3.8, 4) is 11.5 Å². The first-order chi connectivity index (χ1) is 15.5. The normalized spacial score (nSPS) is 17.0. The Balaban J connectivity index is 1.50. The molecule has 0 atom stereocenters. The van der Waals surface area contributed by atoms with Gasteiger partial charge < -0.3 is 14.4 Å². The van der Waals surface area contributed by atoms with Crippen LogP contribution >= 0.6 is 11.8 Å². The number of para-hydroxylation sites is 1. The van der Waals surface area contributed by atoms with Crippen molar-refractivity contribution in [2.24, 2.45) is 0 Å². The van der Waals surface area contributed by atoms with Crippen molar-refractivity contribution in [3.63, 3.8) is 0 Å². The third-order valence-electron chi connectivity index (χ3n) is 5.45. The topological polar surface area (TPSA) is 76.2 Å². The molecule has 0 N–H and O–H groups in total. The van der Waals surface area contributed by atoms with E-state index in [2.05, 4.69) is 6.07 Å². The fraction of sp³-hybridized carbons (Fsp3) is 0.292. The van der Waals surface area contributed by atoms with Gasteiger partial charge in [0.1, 0.15) is 6.54 Å². The number of rotatable bonds is 6. The summed E-state index contributed by atoms with van der Waals surface area (Å²) in [6.07, 6.45) is 2.37. The molecule has 2 aromatic carbocycles. The van der Waals surface area contributed by atoms with Gasteiger partial charge in [-0.2, -0.15) is 0 Å². The highest BCUT2D eigenvalue weighted by Gasteiger charge is 2.37. The molecule has 32 heavy (non-hydrogen) atoms. The summed E-state index contributed by atoms with van der Waals surface area (Å²) in [5.41, 5.74) is 2.97. The number of hydrogen-bond donors (Lipinski definition) is 0. The van der Waals surface area contributed by atoms with E-state index in [-0.39, 0.29) is 17.4 Å². The van der Waals surface area contributed by atoms with Crippen LogP contribution in [0.5, 0.6) is 11.5 Å². The first-order valence-corrected chi connectivity index (χ1v) is 11.2. The van der Waals surface area contributed by atoms with Crippen LogP contribution in [0.1, 0.15) is 23.6 Å². The number of carbonyl (C=O) groups excluding carboxylic acids is 3. The minimum absolute atomic E-state index is 0.237. The molecule has 3 amide bonds. The average molecular weight is 453 g/mol. The molecule has 2 aliphatic rings. The van der Waals surface area contributed by atoms with Gasteiger partial charge in [0.2, 0.25) is 5.91 Å². The summed E-state index contributed by atoms with van der Waals surface area (Å²) in [6.45, 7) is 3.08. The van der Waals surface area contributed by atoms with Crippen molar-refractivity contribution in [3.05, 3.63) is 64.1 Å². The summed E-state index contributed by atoms with van der Waals surface area (Å²) < 4.78 is 11.0. The van der Waals surface area contributed by atoms with E-state index in [9.17, 15) is 14.4 Å². The quantitative estimate of drug-likeness (QED) is 0.622. The molecule has 2 aromatic rings. The molecule has 7 nitrogen and oxygen atoms in total. The molecule has 0 bridgehead atoms. The highest BCUT2D eigenvalue weighted by Crippen LogP contribution is 2.37. The summed E-state index contributed by atoms with van der Waals surface area (Å²) in [7, 11) is 1.54. The van der Waals surface area contributed by atoms with Crippen LogP contribution in [-0.4, -0.2) is 53.7 Å². The SMILES string of the molecule is CCOc1c(/C=C2/SC(=O)N(CC(=O)N3CCc4ccccc4C3)C2=O)cccc1OC. The van der Waals surface area contributed by atoms with Crippen molar-refractivity contribution in [1.82, 2.24) is 9.80 Å². The van der Waals surface area contributed by atoms with Crippen molar-refractivity contribution in [2.75, 3.05) is 26.8 Å². The number of amides is 3. The number of hydrogen-bond acceptors (Lipinski definition) is 6. The van der Waals surface area contributed by atoms with Crippen molar-refractivity contribution >= 4 is 34.9 Å². The van der Waals surface area contributed by atoms with E-state index in [1.54, 1.807) is 36.3 Å². The Kier molecular flexibility index (Phi) is 6.50. The van der Waals surface area contributed by atoms with Gasteiger partial charge in [-0.25, -0.2) is 0 Å². The first-order valence-electron chi connectivity index (χ1n) is 10.4. The molecule has 0 aliphatic carbocycles. The minimum atomic E-state index is -0.476. The lowest BCUT2D eigenvalue weighted by Gasteiger charge is -2.29. The number of ether oxygens (including phenoxy) is 2. The van der Waals surface area contributed by atoms with Crippen LogP contribution < -0.4 is 9.47 Å². The van der Waals surface area contributed by atoms with Crippen LogP contribution in [0, 0.1) is 0 Å². The van der Waals surface area contributed by atoms with Gasteiger partial charge in [0.25, 0.3) is 11.1 Å². The largest absolute Gasteiger partial charge is 0.493 e.